The van der Waals surface area contributed by atoms with Crippen molar-refractivity contribution >= 4 is 27.5 Å². The average Bonchev–Trinajstić information content (AvgIpc) is 3.04. The Hall–Kier alpha value is -1.63. The van der Waals surface area contributed by atoms with Crippen molar-refractivity contribution < 1.29 is 19.7 Å². The molecule has 2 aromatic rings. The van der Waals surface area contributed by atoms with Crippen molar-refractivity contribution in [2.45, 2.75) is 65.3 Å². The van der Waals surface area contributed by atoms with Crippen molar-refractivity contribution in [3.05, 3.63) is 34.7 Å². The van der Waals surface area contributed by atoms with E-state index in [9.17, 15) is 15.0 Å². The minimum atomic E-state index is -1.02. The van der Waals surface area contributed by atoms with Gasteiger partial charge >= 0.3 is 6.09 Å². The summed E-state index contributed by atoms with van der Waals surface area (Å²) in [6.45, 7) is 10.3. The number of rotatable bonds is 3. The zero-order chi connectivity index (χ0) is 20.2. The van der Waals surface area contributed by atoms with Gasteiger partial charge in [0.1, 0.15) is 5.60 Å². The van der Waals surface area contributed by atoms with Crippen molar-refractivity contribution in [2.75, 3.05) is 13.1 Å². The lowest BCUT2D eigenvalue weighted by Gasteiger charge is -2.38. The van der Waals surface area contributed by atoms with E-state index in [1.54, 1.807) is 11.8 Å². The van der Waals surface area contributed by atoms with Crippen molar-refractivity contribution in [1.29, 1.82) is 0 Å². The number of hydrogen-bond acceptors (Lipinski definition) is 5. The van der Waals surface area contributed by atoms with E-state index in [2.05, 4.69) is 0 Å². The second-order valence-electron chi connectivity index (χ2n) is 6.97. The number of piperidine rings is 1. The Balaban J connectivity index is 0.00000126. The predicted molar refractivity (Wildman–Crippen MR) is 110 cm³/mol. The number of aliphatic hydroxyl groups is 2. The minimum Gasteiger partial charge on any atom is -0.447 e. The van der Waals surface area contributed by atoms with Crippen LogP contribution in [0.25, 0.3) is 10.1 Å². The molecule has 0 spiro atoms. The lowest BCUT2D eigenvalue weighted by atomic mass is 9.86. The highest BCUT2D eigenvalue weighted by atomic mass is 32.1. The molecule has 1 aromatic carbocycles. The number of carbonyl (C=O) groups excluding carboxylic acids is 1. The van der Waals surface area contributed by atoms with Crippen LogP contribution in [0.5, 0.6) is 0 Å². The van der Waals surface area contributed by atoms with Gasteiger partial charge in [0.2, 0.25) is 0 Å². The molecule has 27 heavy (non-hydrogen) atoms. The van der Waals surface area contributed by atoms with Gasteiger partial charge in [0, 0.05) is 28.2 Å². The normalized spacial score (nSPS) is 17.4. The molecule has 0 saturated carbocycles. The SMILES string of the molecule is CC.CC(C)OC(=O)N1CCC(O)(c2sc3ccccc3c2C(C)O)CC1. The van der Waals surface area contributed by atoms with Gasteiger partial charge in [-0.05, 0) is 45.1 Å². The molecule has 1 unspecified atom stereocenters. The van der Waals surface area contributed by atoms with E-state index in [1.165, 1.54) is 11.3 Å². The molecule has 1 saturated heterocycles. The summed E-state index contributed by atoms with van der Waals surface area (Å²) in [5.41, 5.74) is -0.216. The third-order valence-corrected chi connectivity index (χ3v) is 6.04. The van der Waals surface area contributed by atoms with Crippen LogP contribution in [0, 0.1) is 0 Å². The molecule has 0 bridgehead atoms. The maximum Gasteiger partial charge on any atom is 0.410 e. The van der Waals surface area contributed by atoms with Gasteiger partial charge in [0.15, 0.2) is 0 Å². The van der Waals surface area contributed by atoms with Gasteiger partial charge in [-0.15, -0.1) is 11.3 Å². The molecule has 2 N–H and O–H groups in total. The Bertz CT molecular complexity index is 761. The lowest BCUT2D eigenvalue weighted by molar-refractivity contribution is -0.0263. The molecule has 3 rings (SSSR count). The van der Waals surface area contributed by atoms with Crippen molar-refractivity contribution in [3.8, 4) is 0 Å². The maximum atomic E-state index is 12.1. The standard InChI is InChI=1S/C19H25NO4S.C2H6/c1-12(2)24-18(22)20-10-8-19(23,9-11-20)17-16(13(3)21)14-6-4-5-7-15(14)25-17;1-2/h4-7,12-13,21,23H,8-11H2,1-3H3;1-2H3. The average molecular weight is 394 g/mol. The summed E-state index contributed by atoms with van der Waals surface area (Å²) in [5.74, 6) is 0. The van der Waals surface area contributed by atoms with Crippen LogP contribution in [0.2, 0.25) is 0 Å². The van der Waals surface area contributed by atoms with Crippen molar-refractivity contribution in [1.82, 2.24) is 4.90 Å². The molecule has 2 heterocycles. The number of likely N-dealkylation sites (tertiary alicyclic amines) is 1. The van der Waals surface area contributed by atoms with E-state index >= 15 is 0 Å². The zero-order valence-electron chi connectivity index (χ0n) is 16.9. The van der Waals surface area contributed by atoms with E-state index in [-0.39, 0.29) is 12.2 Å². The smallest absolute Gasteiger partial charge is 0.410 e. The van der Waals surface area contributed by atoms with E-state index < -0.39 is 11.7 Å². The molecule has 6 heteroatoms. The number of ether oxygens (including phenoxy) is 1. The van der Waals surface area contributed by atoms with E-state index in [4.69, 9.17) is 4.74 Å². The van der Waals surface area contributed by atoms with Crippen molar-refractivity contribution in [2.24, 2.45) is 0 Å². The van der Waals surface area contributed by atoms with Gasteiger partial charge in [0.05, 0.1) is 12.2 Å². The molecule has 1 fully saturated rings. The van der Waals surface area contributed by atoms with Crippen molar-refractivity contribution in [3.63, 3.8) is 0 Å². The molecule has 1 atom stereocenters. The molecular formula is C21H31NO4S. The van der Waals surface area contributed by atoms with Gasteiger partial charge in [-0.25, -0.2) is 4.79 Å². The van der Waals surface area contributed by atoms with Gasteiger partial charge in [-0.3, -0.25) is 0 Å². The summed E-state index contributed by atoms with van der Waals surface area (Å²) in [7, 11) is 0. The first kappa shape index (κ1) is 21.7. The fourth-order valence-corrected chi connectivity index (χ4v) is 4.83. The number of aliphatic hydroxyl groups excluding tert-OH is 1. The van der Waals surface area contributed by atoms with Crippen LogP contribution >= 0.6 is 11.3 Å². The molecule has 1 amide bonds. The predicted octanol–water partition coefficient (Wildman–Crippen LogP) is 4.81. The summed E-state index contributed by atoms with van der Waals surface area (Å²) in [4.78, 5) is 14.5. The van der Waals surface area contributed by atoms with E-state index in [0.717, 1.165) is 20.5 Å². The van der Waals surface area contributed by atoms with Gasteiger partial charge < -0.3 is 19.8 Å². The fourth-order valence-electron chi connectivity index (χ4n) is 3.39. The first-order valence-electron chi connectivity index (χ1n) is 9.70. The second-order valence-corrected chi connectivity index (χ2v) is 8.02. The highest BCUT2D eigenvalue weighted by Crippen LogP contribution is 2.45. The second kappa shape index (κ2) is 9.04. The molecule has 0 aliphatic carbocycles. The number of fused-ring (bicyclic) bond motifs is 1. The monoisotopic (exact) mass is 393 g/mol. The summed E-state index contributed by atoms with van der Waals surface area (Å²) in [6, 6.07) is 7.89. The third-order valence-electron chi connectivity index (χ3n) is 4.66. The third kappa shape index (κ3) is 4.62. The minimum absolute atomic E-state index is 0.155. The number of thiophene rings is 1. The first-order chi connectivity index (χ1) is 12.8. The van der Waals surface area contributed by atoms with Crippen LogP contribution in [-0.2, 0) is 10.3 Å². The lowest BCUT2D eigenvalue weighted by Crippen LogP contribution is -2.45. The molecule has 1 aromatic heterocycles. The van der Waals surface area contributed by atoms with Crippen LogP contribution in [0.1, 0.15) is 64.0 Å². The fraction of sp³-hybridized carbons (Fsp3) is 0.571. The van der Waals surface area contributed by atoms with Gasteiger partial charge in [-0.1, -0.05) is 32.0 Å². The number of hydrogen-bond donors (Lipinski definition) is 2. The Morgan fingerprint density at radius 2 is 1.78 bits per heavy atom. The number of carbonyl (C=O) groups is 1. The van der Waals surface area contributed by atoms with Crippen LogP contribution in [-0.4, -0.2) is 40.4 Å². The topological polar surface area (TPSA) is 70.0 Å². The Morgan fingerprint density at radius 1 is 1.19 bits per heavy atom. The number of benzene rings is 1. The molecule has 150 valence electrons. The highest BCUT2D eigenvalue weighted by molar-refractivity contribution is 7.19. The molecular weight excluding hydrogens is 362 g/mol. The molecule has 1 aliphatic rings. The quantitative estimate of drug-likeness (QED) is 0.785. The number of nitrogens with zero attached hydrogens (tertiary/aromatic N) is 1. The largest absolute Gasteiger partial charge is 0.447 e. The Kier molecular flexibility index (Phi) is 7.25. The summed E-state index contributed by atoms with van der Waals surface area (Å²) in [5, 5.41) is 22.6. The van der Waals surface area contributed by atoms with Crippen LogP contribution < -0.4 is 0 Å². The van der Waals surface area contributed by atoms with Gasteiger partial charge in [-0.2, -0.15) is 0 Å². The highest BCUT2D eigenvalue weighted by Gasteiger charge is 2.40. The number of amides is 1. The Labute approximate surface area is 165 Å². The summed E-state index contributed by atoms with van der Waals surface area (Å²) >= 11 is 1.53. The van der Waals surface area contributed by atoms with Gasteiger partial charge in [0.25, 0.3) is 0 Å². The maximum absolute atomic E-state index is 12.1. The molecule has 5 nitrogen and oxygen atoms in total. The van der Waals surface area contributed by atoms with E-state index in [0.29, 0.717) is 25.9 Å². The summed E-state index contributed by atoms with van der Waals surface area (Å²) in [6.07, 6.45) is -0.263. The van der Waals surface area contributed by atoms with Crippen LogP contribution in [0.4, 0.5) is 4.79 Å². The molecule has 0 radical (unpaired) electrons. The zero-order valence-corrected chi connectivity index (χ0v) is 17.7. The van der Waals surface area contributed by atoms with Crippen LogP contribution in [0.15, 0.2) is 24.3 Å². The summed E-state index contributed by atoms with van der Waals surface area (Å²) < 4.78 is 6.30. The first-order valence-corrected chi connectivity index (χ1v) is 10.5. The van der Waals surface area contributed by atoms with Crippen LogP contribution in [0.3, 0.4) is 0 Å². The van der Waals surface area contributed by atoms with E-state index in [1.807, 2.05) is 52.0 Å². The molecule has 1 aliphatic heterocycles. The Morgan fingerprint density at radius 3 is 2.33 bits per heavy atom.